The quantitative estimate of drug-likeness (QED) is 0.107. The number of rotatable bonds is 11. The molecule has 2 atom stereocenters. The van der Waals surface area contributed by atoms with Crippen molar-refractivity contribution in [1.82, 2.24) is 5.32 Å². The van der Waals surface area contributed by atoms with Gasteiger partial charge in [-0.15, -0.1) is 0 Å². The van der Waals surface area contributed by atoms with Crippen LogP contribution < -0.4 is 9.84 Å². The molecule has 45 heavy (non-hydrogen) atoms. The minimum absolute atomic E-state index is 0.00810. The van der Waals surface area contributed by atoms with E-state index in [9.17, 15) is 14.2 Å². The number of alkyl carbamates (subject to hydrolysis) is 1. The van der Waals surface area contributed by atoms with Gasteiger partial charge in [0.1, 0.15) is 25.0 Å². The Morgan fingerprint density at radius 2 is 1.60 bits per heavy atom. The van der Waals surface area contributed by atoms with Crippen molar-refractivity contribution in [1.29, 1.82) is 0 Å². The van der Waals surface area contributed by atoms with Crippen molar-refractivity contribution in [3.8, 4) is 16.9 Å². The van der Waals surface area contributed by atoms with Crippen molar-refractivity contribution in [2.75, 3.05) is 13.2 Å². The van der Waals surface area contributed by atoms with Gasteiger partial charge in [-0.1, -0.05) is 97.6 Å². The lowest BCUT2D eigenvalue weighted by molar-refractivity contribution is -0.144. The lowest BCUT2D eigenvalue weighted by atomic mass is 9.98. The van der Waals surface area contributed by atoms with Gasteiger partial charge in [0.25, 0.3) is 0 Å². The first-order valence-electron chi connectivity index (χ1n) is 14.6. The number of ether oxygens (including phenoxy) is 2. The van der Waals surface area contributed by atoms with E-state index >= 15 is 0 Å². The van der Waals surface area contributed by atoms with Gasteiger partial charge < -0.3 is 19.3 Å². The third-order valence-corrected chi connectivity index (χ3v) is 8.96. The summed E-state index contributed by atoms with van der Waals surface area (Å²) in [5, 5.41) is 2.67. The molecule has 1 aliphatic carbocycles. The highest BCUT2D eigenvalue weighted by Crippen LogP contribution is 2.55. The second-order valence-electron chi connectivity index (χ2n) is 10.7. The number of carbonyl (C=O) groups is 2. The molecule has 230 valence electrons. The molecule has 2 aliphatic rings. The van der Waals surface area contributed by atoms with Crippen LogP contribution in [0.5, 0.6) is 5.75 Å². The van der Waals surface area contributed by atoms with E-state index in [1.165, 1.54) is 6.08 Å². The van der Waals surface area contributed by atoms with Crippen molar-refractivity contribution in [2.45, 2.75) is 31.6 Å². The van der Waals surface area contributed by atoms with Crippen LogP contribution in [0.4, 0.5) is 4.79 Å². The van der Waals surface area contributed by atoms with Crippen LogP contribution >= 0.6 is 7.82 Å². The van der Waals surface area contributed by atoms with Crippen molar-refractivity contribution in [2.24, 2.45) is 0 Å². The van der Waals surface area contributed by atoms with Crippen LogP contribution in [-0.2, 0) is 47.5 Å². The summed E-state index contributed by atoms with van der Waals surface area (Å²) in [6.45, 7) is 3.74. The summed E-state index contributed by atoms with van der Waals surface area (Å²) in [5.74, 6) is -0.397. The highest BCUT2D eigenvalue weighted by Gasteiger charge is 2.35. The highest BCUT2D eigenvalue weighted by molar-refractivity contribution is 7.49. The second kappa shape index (κ2) is 13.5. The Morgan fingerprint density at radius 1 is 0.911 bits per heavy atom. The molecule has 0 bridgehead atoms. The van der Waals surface area contributed by atoms with Gasteiger partial charge in [0.05, 0.1) is 13.2 Å². The molecule has 0 aromatic heterocycles. The molecule has 1 heterocycles. The minimum atomic E-state index is -3.82. The van der Waals surface area contributed by atoms with Crippen LogP contribution in [0, 0.1) is 0 Å². The molecule has 0 spiro atoms. The lowest BCUT2D eigenvalue weighted by Gasteiger charge is -2.25. The van der Waals surface area contributed by atoms with Gasteiger partial charge in [-0.2, -0.15) is 0 Å². The first-order chi connectivity index (χ1) is 21.9. The van der Waals surface area contributed by atoms with E-state index in [-0.39, 0.29) is 38.8 Å². The summed E-state index contributed by atoms with van der Waals surface area (Å²) >= 11 is 0. The molecule has 4 aromatic rings. The van der Waals surface area contributed by atoms with Gasteiger partial charge in [0.2, 0.25) is 0 Å². The number of nitrogens with one attached hydrogen (secondary N) is 1. The van der Waals surface area contributed by atoms with E-state index in [0.29, 0.717) is 16.9 Å². The SMILES string of the molecule is C=CCOC(=O)[C@@H](Cc1ccc2c(c1)COP(=O)(OCc1ccccc1)O2)NC(=O)OCC1c2ccccc2-c2ccccc21. The van der Waals surface area contributed by atoms with Gasteiger partial charge in [-0.05, 0) is 45.5 Å². The number of hydrogen-bond donors (Lipinski definition) is 1. The Labute approximate surface area is 261 Å². The third kappa shape index (κ3) is 7.02. The zero-order valence-corrected chi connectivity index (χ0v) is 25.3. The van der Waals surface area contributed by atoms with Crippen LogP contribution in [0.1, 0.15) is 33.7 Å². The van der Waals surface area contributed by atoms with E-state index < -0.39 is 25.9 Å². The molecular weight excluding hydrogens is 593 g/mol. The second-order valence-corrected chi connectivity index (χ2v) is 12.3. The van der Waals surface area contributed by atoms with Gasteiger partial charge in [0, 0.05) is 17.9 Å². The number of phosphoric acid groups is 1. The molecule has 0 radical (unpaired) electrons. The molecule has 0 saturated heterocycles. The molecule has 10 heteroatoms. The number of fused-ring (bicyclic) bond motifs is 4. The van der Waals surface area contributed by atoms with Gasteiger partial charge >= 0.3 is 19.9 Å². The van der Waals surface area contributed by atoms with Crippen LogP contribution in [0.3, 0.4) is 0 Å². The first-order valence-corrected chi connectivity index (χ1v) is 16.0. The van der Waals surface area contributed by atoms with Crippen molar-refractivity contribution < 1.29 is 37.2 Å². The maximum atomic E-state index is 13.0. The Balaban J connectivity index is 1.10. The monoisotopic (exact) mass is 625 g/mol. The number of hydrogen-bond acceptors (Lipinski definition) is 8. The van der Waals surface area contributed by atoms with E-state index in [2.05, 4.69) is 24.0 Å². The molecule has 0 fully saturated rings. The standard InChI is InChI=1S/C35H32NO8P/c1-2-18-40-34(37)32(36-35(38)41-23-31-29-14-8-6-12-27(29)28-13-7-9-15-30(28)31)20-25-16-17-33-26(19-25)22-43-45(39,44-33)42-21-24-10-4-3-5-11-24/h2-17,19,31-32H,1,18,20-23H2,(H,36,38)/t32-,45?/m1/s1. The Bertz CT molecular complexity index is 1710. The van der Waals surface area contributed by atoms with E-state index in [4.69, 9.17) is 23.0 Å². The fourth-order valence-electron chi connectivity index (χ4n) is 5.50. The van der Waals surface area contributed by atoms with E-state index in [1.807, 2.05) is 66.7 Å². The average molecular weight is 626 g/mol. The van der Waals surface area contributed by atoms with Gasteiger partial charge in [-0.25, -0.2) is 14.2 Å². The zero-order valence-electron chi connectivity index (χ0n) is 24.4. The summed E-state index contributed by atoms with van der Waals surface area (Å²) in [5.41, 5.74) is 6.56. The summed E-state index contributed by atoms with van der Waals surface area (Å²) in [7, 11) is -3.82. The third-order valence-electron chi connectivity index (χ3n) is 7.65. The number of esters is 1. The summed E-state index contributed by atoms with van der Waals surface area (Å²) < 4.78 is 40.6. The number of amides is 1. The number of carbonyl (C=O) groups excluding carboxylic acids is 2. The largest absolute Gasteiger partial charge is 0.530 e. The van der Waals surface area contributed by atoms with Crippen LogP contribution in [0.25, 0.3) is 11.1 Å². The number of phosphoric ester groups is 1. The molecule has 1 aliphatic heterocycles. The Hall–Kier alpha value is -4.69. The molecule has 6 rings (SSSR count). The van der Waals surface area contributed by atoms with Gasteiger partial charge in [0.15, 0.2) is 0 Å². The van der Waals surface area contributed by atoms with Crippen molar-refractivity contribution in [3.63, 3.8) is 0 Å². The summed E-state index contributed by atoms with van der Waals surface area (Å²) in [6, 6.07) is 29.5. The summed E-state index contributed by atoms with van der Waals surface area (Å²) in [6.07, 6.45) is 0.822. The van der Waals surface area contributed by atoms with E-state index in [0.717, 1.165) is 27.8 Å². The predicted octanol–water partition coefficient (Wildman–Crippen LogP) is 7.10. The van der Waals surface area contributed by atoms with Gasteiger partial charge in [-0.3, -0.25) is 9.05 Å². The molecule has 1 unspecified atom stereocenters. The molecule has 0 saturated carbocycles. The normalized spacial score (nSPS) is 17.2. The van der Waals surface area contributed by atoms with Crippen molar-refractivity contribution >= 4 is 19.9 Å². The molecule has 1 N–H and O–H groups in total. The topological polar surface area (TPSA) is 109 Å². The Morgan fingerprint density at radius 3 is 2.31 bits per heavy atom. The van der Waals surface area contributed by atoms with Crippen LogP contribution in [0.2, 0.25) is 0 Å². The predicted molar refractivity (Wildman–Crippen MR) is 168 cm³/mol. The maximum absolute atomic E-state index is 13.0. The summed E-state index contributed by atoms with van der Waals surface area (Å²) in [4.78, 5) is 26.0. The minimum Gasteiger partial charge on any atom is -0.460 e. The Kier molecular flexibility index (Phi) is 9.12. The zero-order chi connectivity index (χ0) is 31.2. The fourth-order valence-corrected chi connectivity index (χ4v) is 6.70. The maximum Gasteiger partial charge on any atom is 0.530 e. The fraction of sp³-hybridized carbons (Fsp3) is 0.200. The van der Waals surface area contributed by atoms with Crippen LogP contribution in [0.15, 0.2) is 110 Å². The first kappa shape index (κ1) is 30.3. The average Bonchev–Trinajstić information content (AvgIpc) is 3.39. The number of benzene rings is 4. The highest BCUT2D eigenvalue weighted by atomic mass is 31.2. The molecule has 9 nitrogen and oxygen atoms in total. The van der Waals surface area contributed by atoms with Crippen molar-refractivity contribution in [3.05, 3.63) is 138 Å². The molecular formula is C35H32NO8P. The molecule has 4 aromatic carbocycles. The smallest absolute Gasteiger partial charge is 0.460 e. The van der Waals surface area contributed by atoms with E-state index in [1.54, 1.807) is 18.2 Å². The lowest BCUT2D eigenvalue weighted by Crippen LogP contribution is -2.44. The molecule has 1 amide bonds. The van der Waals surface area contributed by atoms with Crippen LogP contribution in [-0.4, -0.2) is 31.3 Å².